The number of benzene rings is 2. The number of nitrogens with zero attached hydrogens (tertiary/aromatic N) is 1. The van der Waals surface area contributed by atoms with Crippen molar-refractivity contribution < 1.29 is 29.0 Å². The molecule has 0 aromatic heterocycles. The largest absolute Gasteiger partial charge is 0.503 e. The quantitative estimate of drug-likeness (QED) is 0.261. The molecule has 2 aromatic carbocycles. The summed E-state index contributed by atoms with van der Waals surface area (Å²) in [6.45, 7) is 1.82. The van der Waals surface area contributed by atoms with Crippen molar-refractivity contribution in [2.75, 3.05) is 7.11 Å². The van der Waals surface area contributed by atoms with Gasteiger partial charge in [-0.05, 0) is 80.8 Å². The highest BCUT2D eigenvalue weighted by atomic mass is 79.9. The van der Waals surface area contributed by atoms with Gasteiger partial charge < -0.3 is 9.84 Å². The first-order valence-corrected chi connectivity index (χ1v) is 14.6. The highest BCUT2D eigenvalue weighted by Crippen LogP contribution is 2.57. The molecule has 4 aliphatic rings. The van der Waals surface area contributed by atoms with Gasteiger partial charge in [-0.1, -0.05) is 42.0 Å². The zero-order valence-electron chi connectivity index (χ0n) is 21.7. The van der Waals surface area contributed by atoms with E-state index in [0.717, 1.165) is 11.1 Å². The SMILES string of the molecule is COc1cc([C@H]2C3=CC[C@@H]4C(=O)N(Cc5ccccc5)C(=O)[C@@H]4[C@@H]3CC3=C2C(=O)C(C)=CC3=O)c(Br)c(Br)c1O. The van der Waals surface area contributed by atoms with E-state index in [1.165, 1.54) is 18.1 Å². The number of ether oxygens (including phenoxy) is 1. The van der Waals surface area contributed by atoms with Gasteiger partial charge >= 0.3 is 0 Å². The van der Waals surface area contributed by atoms with Gasteiger partial charge in [-0.3, -0.25) is 24.1 Å². The number of aromatic hydroxyl groups is 1. The second-order valence-corrected chi connectivity index (χ2v) is 12.2. The lowest BCUT2D eigenvalue weighted by molar-refractivity contribution is -0.140. The van der Waals surface area contributed by atoms with E-state index >= 15 is 0 Å². The highest BCUT2D eigenvalue weighted by molar-refractivity contribution is 9.13. The van der Waals surface area contributed by atoms with Crippen molar-refractivity contribution >= 4 is 55.2 Å². The molecule has 0 bridgehead atoms. The Hall–Kier alpha value is -3.30. The van der Waals surface area contributed by atoms with Crippen LogP contribution in [-0.2, 0) is 25.7 Å². The zero-order chi connectivity index (χ0) is 28.5. The van der Waals surface area contributed by atoms with Crippen molar-refractivity contribution in [2.45, 2.75) is 32.2 Å². The zero-order valence-corrected chi connectivity index (χ0v) is 24.9. The van der Waals surface area contributed by atoms with Gasteiger partial charge in [0, 0.05) is 27.1 Å². The van der Waals surface area contributed by atoms with Crippen molar-refractivity contribution in [1.29, 1.82) is 0 Å². The first kappa shape index (κ1) is 26.9. The maximum atomic E-state index is 13.9. The van der Waals surface area contributed by atoms with Crippen molar-refractivity contribution in [2.24, 2.45) is 17.8 Å². The molecule has 0 unspecified atom stereocenters. The summed E-state index contributed by atoms with van der Waals surface area (Å²) in [5.41, 5.74) is 3.42. The smallest absolute Gasteiger partial charge is 0.234 e. The molecule has 1 aliphatic heterocycles. The minimum absolute atomic E-state index is 0.104. The minimum Gasteiger partial charge on any atom is -0.503 e. The van der Waals surface area contributed by atoms with Gasteiger partial charge in [-0.15, -0.1) is 0 Å². The number of fused-ring (bicyclic) bond motifs is 3. The number of allylic oxidation sites excluding steroid dienone is 6. The number of carbonyl (C=O) groups excluding carboxylic acids is 4. The summed E-state index contributed by atoms with van der Waals surface area (Å²) in [4.78, 5) is 55.8. The average Bonchev–Trinajstić information content (AvgIpc) is 3.19. The third-order valence-corrected chi connectivity index (χ3v) is 10.7. The van der Waals surface area contributed by atoms with Gasteiger partial charge in [0.25, 0.3) is 0 Å². The number of Topliss-reactive ketones (excluding diaryl/α,β-unsaturated/α-hetero) is 1. The van der Waals surface area contributed by atoms with Crippen LogP contribution in [0.4, 0.5) is 0 Å². The Morgan fingerprint density at radius 1 is 1.02 bits per heavy atom. The van der Waals surface area contributed by atoms with E-state index < -0.39 is 23.7 Å². The monoisotopic (exact) mass is 665 g/mol. The lowest BCUT2D eigenvalue weighted by atomic mass is 9.59. The maximum Gasteiger partial charge on any atom is 0.234 e. The van der Waals surface area contributed by atoms with E-state index in [2.05, 4.69) is 31.9 Å². The van der Waals surface area contributed by atoms with Gasteiger partial charge in [0.1, 0.15) is 0 Å². The third-order valence-electron chi connectivity index (χ3n) is 8.54. The molecule has 6 rings (SSSR count). The van der Waals surface area contributed by atoms with E-state index in [0.29, 0.717) is 37.6 Å². The third kappa shape index (κ3) is 3.96. The molecule has 40 heavy (non-hydrogen) atoms. The topological polar surface area (TPSA) is 101 Å². The predicted molar refractivity (Wildman–Crippen MR) is 153 cm³/mol. The Kier molecular flexibility index (Phi) is 6.70. The van der Waals surface area contributed by atoms with Crippen LogP contribution in [0.15, 0.2) is 79.8 Å². The molecular weight excluding hydrogens is 642 g/mol. The fourth-order valence-corrected chi connectivity index (χ4v) is 7.64. The first-order valence-electron chi connectivity index (χ1n) is 13.0. The molecule has 1 N–H and O–H groups in total. The number of ketones is 2. The lowest BCUT2D eigenvalue weighted by Crippen LogP contribution is -2.39. The number of rotatable bonds is 4. The summed E-state index contributed by atoms with van der Waals surface area (Å²) in [5, 5.41) is 10.6. The Labute approximate surface area is 247 Å². The number of phenols is 1. The second kappa shape index (κ2) is 9.96. The second-order valence-electron chi connectivity index (χ2n) is 10.6. The summed E-state index contributed by atoms with van der Waals surface area (Å²) >= 11 is 7.01. The predicted octanol–water partition coefficient (Wildman–Crippen LogP) is 5.56. The van der Waals surface area contributed by atoms with Gasteiger partial charge in [0.2, 0.25) is 11.8 Å². The molecule has 4 atom stereocenters. The van der Waals surface area contributed by atoms with Crippen LogP contribution in [0.1, 0.15) is 36.8 Å². The molecule has 204 valence electrons. The van der Waals surface area contributed by atoms with Crippen LogP contribution >= 0.6 is 31.9 Å². The minimum atomic E-state index is -0.666. The summed E-state index contributed by atoms with van der Waals surface area (Å²) in [7, 11) is 1.43. The van der Waals surface area contributed by atoms with Crippen LogP contribution in [0.5, 0.6) is 11.5 Å². The molecule has 1 saturated heterocycles. The van der Waals surface area contributed by atoms with Crippen LogP contribution in [0.2, 0.25) is 0 Å². The van der Waals surface area contributed by atoms with Crippen LogP contribution < -0.4 is 4.74 Å². The van der Waals surface area contributed by atoms with Gasteiger partial charge in [0.05, 0.1) is 30.0 Å². The number of carbonyl (C=O) groups is 4. The van der Waals surface area contributed by atoms with E-state index in [1.54, 1.807) is 13.0 Å². The molecule has 1 heterocycles. The van der Waals surface area contributed by atoms with Crippen LogP contribution in [0.25, 0.3) is 0 Å². The molecule has 0 spiro atoms. The first-order chi connectivity index (χ1) is 19.1. The van der Waals surface area contributed by atoms with E-state index in [4.69, 9.17) is 4.74 Å². The fourth-order valence-electron chi connectivity index (χ4n) is 6.68. The van der Waals surface area contributed by atoms with Gasteiger partial charge in [-0.2, -0.15) is 0 Å². The number of phenolic OH excluding ortho intramolecular Hbond substituents is 1. The number of hydrogen-bond donors (Lipinski definition) is 1. The molecule has 0 saturated carbocycles. The van der Waals surface area contributed by atoms with Crippen molar-refractivity contribution in [3.8, 4) is 11.5 Å². The Morgan fingerprint density at radius 2 is 1.75 bits per heavy atom. The number of methoxy groups -OCH3 is 1. The van der Waals surface area contributed by atoms with E-state index in [-0.39, 0.29) is 47.8 Å². The number of halogens is 2. The number of imide groups is 1. The molecule has 0 radical (unpaired) electrons. The Balaban J connectivity index is 1.50. The van der Waals surface area contributed by atoms with Crippen LogP contribution in [-0.4, -0.2) is 40.5 Å². The van der Waals surface area contributed by atoms with E-state index in [1.807, 2.05) is 36.4 Å². The van der Waals surface area contributed by atoms with Crippen LogP contribution in [0.3, 0.4) is 0 Å². The molecule has 9 heteroatoms. The van der Waals surface area contributed by atoms with Gasteiger partial charge in [-0.25, -0.2) is 0 Å². The lowest BCUT2D eigenvalue weighted by Gasteiger charge is -2.42. The molecule has 2 amide bonds. The number of hydrogen-bond acceptors (Lipinski definition) is 6. The number of amides is 2. The summed E-state index contributed by atoms with van der Waals surface area (Å²) in [5.74, 6) is -3.10. The molecule has 2 aromatic rings. The van der Waals surface area contributed by atoms with Crippen LogP contribution in [0, 0.1) is 17.8 Å². The Bertz CT molecular complexity index is 1610. The molecule has 3 aliphatic carbocycles. The standard InChI is InChI=1S/C31H25Br2NO6/c1-14-10-21(35)19-11-18-16(23(25(19)28(14)36)20-12-22(40-2)29(37)27(33)26(20)32)8-9-17-24(18)31(39)34(30(17)38)13-15-6-4-3-5-7-15/h3-8,10,12,17-18,23-24,37H,9,11,13H2,1-2H3/t17-,18+,23+,24-/m0/s1. The number of likely N-dealkylation sites (tertiary alicyclic amines) is 1. The van der Waals surface area contributed by atoms with Crippen molar-refractivity contribution in [3.63, 3.8) is 0 Å². The van der Waals surface area contributed by atoms with Gasteiger partial charge in [0.15, 0.2) is 23.1 Å². The highest BCUT2D eigenvalue weighted by Gasteiger charge is 2.56. The maximum absolute atomic E-state index is 13.9. The normalized spacial score (nSPS) is 25.9. The Morgan fingerprint density at radius 3 is 2.45 bits per heavy atom. The summed E-state index contributed by atoms with van der Waals surface area (Å²) < 4.78 is 6.28. The molecule has 7 nitrogen and oxygen atoms in total. The fraction of sp³-hybridized carbons (Fsp3) is 0.290. The molecular formula is C31H25Br2NO6. The molecule has 1 fully saturated rings. The summed E-state index contributed by atoms with van der Waals surface area (Å²) in [6, 6.07) is 11.0. The van der Waals surface area contributed by atoms with E-state index in [9.17, 15) is 24.3 Å². The van der Waals surface area contributed by atoms with Crippen molar-refractivity contribution in [1.82, 2.24) is 4.90 Å². The summed E-state index contributed by atoms with van der Waals surface area (Å²) in [6.07, 6.45) is 3.90. The average molecular weight is 667 g/mol. The van der Waals surface area contributed by atoms with Crippen molar-refractivity contribution in [3.05, 3.63) is 90.9 Å².